The second kappa shape index (κ2) is 9.01. The second-order valence-corrected chi connectivity index (χ2v) is 7.12. The molecule has 0 amide bonds. The summed E-state index contributed by atoms with van der Waals surface area (Å²) in [6.07, 6.45) is -4.73. The molecule has 0 spiro atoms. The summed E-state index contributed by atoms with van der Waals surface area (Å²) in [6.45, 7) is 0. The van der Waals surface area contributed by atoms with Crippen molar-refractivity contribution >= 4 is 17.5 Å². The van der Waals surface area contributed by atoms with Gasteiger partial charge in [-0.25, -0.2) is 4.98 Å². The standard InChI is InChI=1S/C22H15F3N2O2S/c1-29-16-9-5-8-15(10-16)20(28)13-30-21-17(12-26)18(22(23,24)25)11-19(27-21)14-6-3-2-4-7-14/h2-11H,13H2,1H3. The Kier molecular flexibility index (Phi) is 6.43. The van der Waals surface area contributed by atoms with E-state index in [1.165, 1.54) is 7.11 Å². The summed E-state index contributed by atoms with van der Waals surface area (Å²) in [6, 6.07) is 17.3. The summed E-state index contributed by atoms with van der Waals surface area (Å²) < 4.78 is 45.9. The fraction of sp³-hybridized carbons (Fsp3) is 0.136. The molecular formula is C22H15F3N2O2S. The van der Waals surface area contributed by atoms with Crippen molar-refractivity contribution in [3.63, 3.8) is 0 Å². The Morgan fingerprint density at radius 2 is 1.87 bits per heavy atom. The van der Waals surface area contributed by atoms with Crippen LogP contribution in [0, 0.1) is 11.3 Å². The summed E-state index contributed by atoms with van der Waals surface area (Å²) in [7, 11) is 1.47. The molecule has 8 heteroatoms. The van der Waals surface area contributed by atoms with E-state index in [2.05, 4.69) is 4.98 Å². The van der Waals surface area contributed by atoms with Crippen molar-refractivity contribution in [3.05, 3.63) is 77.4 Å². The van der Waals surface area contributed by atoms with E-state index in [9.17, 15) is 23.2 Å². The molecule has 3 rings (SSSR count). The van der Waals surface area contributed by atoms with Crippen LogP contribution in [0.25, 0.3) is 11.3 Å². The maximum atomic E-state index is 13.6. The van der Waals surface area contributed by atoms with Gasteiger partial charge in [-0.3, -0.25) is 4.79 Å². The number of benzene rings is 2. The maximum Gasteiger partial charge on any atom is 0.417 e. The molecule has 3 aromatic rings. The number of rotatable bonds is 6. The van der Waals surface area contributed by atoms with Crippen molar-refractivity contribution < 1.29 is 22.7 Å². The summed E-state index contributed by atoms with van der Waals surface area (Å²) in [5, 5.41) is 9.23. The fourth-order valence-corrected chi connectivity index (χ4v) is 3.63. The quantitative estimate of drug-likeness (QED) is 0.377. The first-order valence-electron chi connectivity index (χ1n) is 8.71. The minimum atomic E-state index is -4.73. The van der Waals surface area contributed by atoms with Crippen LogP contribution < -0.4 is 4.74 Å². The van der Waals surface area contributed by atoms with Gasteiger partial charge < -0.3 is 4.74 Å². The van der Waals surface area contributed by atoms with E-state index >= 15 is 0 Å². The molecule has 2 aromatic carbocycles. The average Bonchev–Trinajstić information content (AvgIpc) is 2.76. The fourth-order valence-electron chi connectivity index (χ4n) is 2.73. The highest BCUT2D eigenvalue weighted by Gasteiger charge is 2.36. The Bertz CT molecular complexity index is 1110. The van der Waals surface area contributed by atoms with Crippen LogP contribution in [0.1, 0.15) is 21.5 Å². The molecule has 0 saturated heterocycles. The number of aromatic nitrogens is 1. The smallest absolute Gasteiger partial charge is 0.417 e. The van der Waals surface area contributed by atoms with Crippen LogP contribution >= 0.6 is 11.8 Å². The molecule has 0 atom stereocenters. The number of Topliss-reactive ketones (excluding diaryl/α,β-unsaturated/α-hetero) is 1. The third-order valence-corrected chi connectivity index (χ3v) is 5.18. The third kappa shape index (κ3) is 4.81. The normalized spacial score (nSPS) is 11.0. The molecule has 1 aromatic heterocycles. The number of alkyl halides is 3. The first-order valence-corrected chi connectivity index (χ1v) is 9.70. The lowest BCUT2D eigenvalue weighted by Crippen LogP contribution is -2.11. The van der Waals surface area contributed by atoms with E-state index in [-0.39, 0.29) is 22.3 Å². The predicted octanol–water partition coefficient (Wildman–Crippen LogP) is 5.62. The molecule has 1 heterocycles. The molecule has 4 nitrogen and oxygen atoms in total. The Labute approximate surface area is 175 Å². The van der Waals surface area contributed by atoms with Gasteiger partial charge in [0, 0.05) is 11.1 Å². The molecule has 0 aliphatic heterocycles. The molecular weight excluding hydrogens is 413 g/mol. The highest BCUT2D eigenvalue weighted by molar-refractivity contribution is 8.00. The van der Waals surface area contributed by atoms with Crippen LogP contribution in [-0.4, -0.2) is 23.6 Å². The second-order valence-electron chi connectivity index (χ2n) is 6.15. The van der Waals surface area contributed by atoms with E-state index in [0.717, 1.165) is 17.8 Å². The van der Waals surface area contributed by atoms with Gasteiger partial charge in [-0.15, -0.1) is 0 Å². The number of carbonyl (C=O) groups excluding carboxylic acids is 1. The number of ether oxygens (including phenoxy) is 1. The van der Waals surface area contributed by atoms with Crippen LogP contribution in [-0.2, 0) is 6.18 Å². The minimum absolute atomic E-state index is 0.0817. The molecule has 0 N–H and O–H groups in total. The number of methoxy groups -OCH3 is 1. The molecule has 0 aliphatic carbocycles. The van der Waals surface area contributed by atoms with Crippen LogP contribution in [0.2, 0.25) is 0 Å². The van der Waals surface area contributed by atoms with Crippen molar-refractivity contribution in [2.75, 3.05) is 12.9 Å². The number of thioether (sulfide) groups is 1. The number of hydrogen-bond acceptors (Lipinski definition) is 5. The number of nitrogens with zero attached hydrogens (tertiary/aromatic N) is 2. The highest BCUT2D eigenvalue weighted by Crippen LogP contribution is 2.38. The highest BCUT2D eigenvalue weighted by atomic mass is 32.2. The first-order chi connectivity index (χ1) is 14.3. The average molecular weight is 428 g/mol. The van der Waals surface area contributed by atoms with Crippen molar-refractivity contribution in [2.45, 2.75) is 11.2 Å². The monoisotopic (exact) mass is 428 g/mol. The number of hydrogen-bond donors (Lipinski definition) is 0. The molecule has 0 radical (unpaired) electrons. The lowest BCUT2D eigenvalue weighted by atomic mass is 10.1. The van der Waals surface area contributed by atoms with Gasteiger partial charge in [-0.2, -0.15) is 18.4 Å². The van der Waals surface area contributed by atoms with Gasteiger partial charge in [-0.1, -0.05) is 54.2 Å². The van der Waals surface area contributed by atoms with Gasteiger partial charge in [0.25, 0.3) is 0 Å². The number of carbonyl (C=O) groups is 1. The van der Waals surface area contributed by atoms with Gasteiger partial charge >= 0.3 is 6.18 Å². The van der Waals surface area contributed by atoms with Crippen molar-refractivity contribution in [1.82, 2.24) is 4.98 Å². The number of pyridine rings is 1. The van der Waals surface area contributed by atoms with E-state index in [0.29, 0.717) is 16.9 Å². The molecule has 0 aliphatic rings. The van der Waals surface area contributed by atoms with Crippen LogP contribution in [0.3, 0.4) is 0 Å². The summed E-state index contributed by atoms with van der Waals surface area (Å²) >= 11 is 0.803. The topological polar surface area (TPSA) is 63.0 Å². The Morgan fingerprint density at radius 3 is 2.50 bits per heavy atom. The maximum absolute atomic E-state index is 13.6. The number of halogens is 3. The van der Waals surface area contributed by atoms with E-state index in [4.69, 9.17) is 4.74 Å². The van der Waals surface area contributed by atoms with Crippen LogP contribution in [0.4, 0.5) is 13.2 Å². The zero-order valence-electron chi connectivity index (χ0n) is 15.7. The van der Waals surface area contributed by atoms with Crippen LogP contribution in [0.5, 0.6) is 5.75 Å². The summed E-state index contributed by atoms with van der Waals surface area (Å²) in [5.41, 5.74) is -0.747. The van der Waals surface area contributed by atoms with Gasteiger partial charge in [-0.05, 0) is 18.2 Å². The van der Waals surface area contributed by atoms with Gasteiger partial charge in [0.15, 0.2) is 5.78 Å². The molecule has 30 heavy (non-hydrogen) atoms. The largest absolute Gasteiger partial charge is 0.497 e. The zero-order valence-corrected chi connectivity index (χ0v) is 16.6. The Hall–Kier alpha value is -3.31. The van der Waals surface area contributed by atoms with Gasteiger partial charge in [0.2, 0.25) is 0 Å². The molecule has 152 valence electrons. The SMILES string of the molecule is COc1cccc(C(=O)CSc2nc(-c3ccccc3)cc(C(F)(F)F)c2C#N)c1. The van der Waals surface area contributed by atoms with Crippen molar-refractivity contribution in [1.29, 1.82) is 5.26 Å². The van der Waals surface area contributed by atoms with Crippen molar-refractivity contribution in [3.8, 4) is 23.1 Å². The van der Waals surface area contributed by atoms with E-state index in [1.54, 1.807) is 60.7 Å². The molecule has 0 fully saturated rings. The van der Waals surface area contributed by atoms with Gasteiger partial charge in [0.05, 0.1) is 29.7 Å². The Balaban J connectivity index is 1.98. The lowest BCUT2D eigenvalue weighted by Gasteiger charge is -2.14. The summed E-state index contributed by atoms with van der Waals surface area (Å²) in [5.74, 6) is 0.0000790. The predicted molar refractivity (Wildman–Crippen MR) is 107 cm³/mol. The third-order valence-electron chi connectivity index (χ3n) is 4.20. The van der Waals surface area contributed by atoms with Crippen LogP contribution in [0.15, 0.2) is 65.7 Å². The molecule has 0 saturated carbocycles. The van der Waals surface area contributed by atoms with E-state index < -0.39 is 17.3 Å². The molecule has 0 unspecified atom stereocenters. The van der Waals surface area contributed by atoms with Crippen molar-refractivity contribution in [2.24, 2.45) is 0 Å². The Morgan fingerprint density at radius 1 is 1.13 bits per heavy atom. The lowest BCUT2D eigenvalue weighted by molar-refractivity contribution is -0.138. The number of nitriles is 1. The number of ketones is 1. The first kappa shape index (κ1) is 21.4. The van der Waals surface area contributed by atoms with E-state index in [1.807, 2.05) is 0 Å². The minimum Gasteiger partial charge on any atom is -0.497 e. The molecule has 0 bridgehead atoms. The summed E-state index contributed by atoms with van der Waals surface area (Å²) in [4.78, 5) is 16.8. The van der Waals surface area contributed by atoms with Gasteiger partial charge in [0.1, 0.15) is 16.8 Å². The zero-order chi connectivity index (χ0) is 21.7.